The van der Waals surface area contributed by atoms with Crippen molar-refractivity contribution in [3.63, 3.8) is 0 Å². The Morgan fingerprint density at radius 1 is 1.16 bits per heavy atom. The molecule has 1 aliphatic rings. The van der Waals surface area contributed by atoms with Crippen molar-refractivity contribution in [3.8, 4) is 17.2 Å². The first-order valence-electron chi connectivity index (χ1n) is 5.93. The van der Waals surface area contributed by atoms with Gasteiger partial charge in [0.1, 0.15) is 12.4 Å². The molecular formula is C13H16O6. The van der Waals surface area contributed by atoms with E-state index in [1.54, 1.807) is 19.2 Å². The molecule has 1 aliphatic heterocycles. The Kier molecular flexibility index (Phi) is 5.00. The number of methoxy groups -OCH3 is 1. The van der Waals surface area contributed by atoms with Crippen LogP contribution >= 0.6 is 0 Å². The topological polar surface area (TPSA) is 63.2 Å². The predicted octanol–water partition coefficient (Wildman–Crippen LogP) is 1.27. The lowest BCUT2D eigenvalue weighted by Gasteiger charge is -2.09. The largest absolute Gasteiger partial charge is 0.490 e. The van der Waals surface area contributed by atoms with Gasteiger partial charge < -0.3 is 23.7 Å². The van der Waals surface area contributed by atoms with E-state index in [1.165, 1.54) is 0 Å². The van der Waals surface area contributed by atoms with Gasteiger partial charge >= 0.3 is 0 Å². The molecule has 19 heavy (non-hydrogen) atoms. The Hall–Kier alpha value is -1.79. The SMILES string of the molecule is COCCOCCOc1cc2c(cc1C=O)OCO2. The highest BCUT2D eigenvalue weighted by Crippen LogP contribution is 2.37. The smallest absolute Gasteiger partial charge is 0.231 e. The highest BCUT2D eigenvalue weighted by molar-refractivity contribution is 5.81. The fraction of sp³-hybridized carbons (Fsp3) is 0.462. The van der Waals surface area contributed by atoms with Crippen molar-refractivity contribution in [2.45, 2.75) is 0 Å². The lowest BCUT2D eigenvalue weighted by molar-refractivity contribution is 0.0542. The van der Waals surface area contributed by atoms with Crippen LogP contribution in [0.1, 0.15) is 10.4 Å². The predicted molar refractivity (Wildman–Crippen MR) is 66.1 cm³/mol. The summed E-state index contributed by atoms with van der Waals surface area (Å²) in [6.45, 7) is 2.00. The van der Waals surface area contributed by atoms with Gasteiger partial charge in [-0.2, -0.15) is 0 Å². The Labute approximate surface area is 111 Å². The van der Waals surface area contributed by atoms with Crippen LogP contribution in [-0.2, 0) is 9.47 Å². The van der Waals surface area contributed by atoms with Gasteiger partial charge in [-0.15, -0.1) is 0 Å². The zero-order valence-corrected chi connectivity index (χ0v) is 10.7. The van der Waals surface area contributed by atoms with Crippen LogP contribution in [0.3, 0.4) is 0 Å². The third-order valence-electron chi connectivity index (χ3n) is 2.55. The third kappa shape index (κ3) is 3.59. The van der Waals surface area contributed by atoms with Crippen LogP contribution in [0.25, 0.3) is 0 Å². The summed E-state index contributed by atoms with van der Waals surface area (Å²) in [7, 11) is 1.61. The van der Waals surface area contributed by atoms with Crippen LogP contribution in [-0.4, -0.2) is 46.6 Å². The molecule has 6 heteroatoms. The second-order valence-electron chi connectivity index (χ2n) is 3.81. The highest BCUT2D eigenvalue weighted by Gasteiger charge is 2.17. The fourth-order valence-corrected chi connectivity index (χ4v) is 1.61. The summed E-state index contributed by atoms with van der Waals surface area (Å²) in [4.78, 5) is 11.0. The van der Waals surface area contributed by atoms with Gasteiger partial charge in [0.15, 0.2) is 17.8 Å². The van der Waals surface area contributed by atoms with Gasteiger partial charge in [0.05, 0.1) is 25.4 Å². The number of carbonyl (C=O) groups excluding carboxylic acids is 1. The summed E-state index contributed by atoms with van der Waals surface area (Å²) in [6.07, 6.45) is 0.725. The summed E-state index contributed by atoms with van der Waals surface area (Å²) >= 11 is 0. The molecule has 104 valence electrons. The monoisotopic (exact) mass is 268 g/mol. The number of hydrogen-bond acceptors (Lipinski definition) is 6. The van der Waals surface area contributed by atoms with Gasteiger partial charge in [0, 0.05) is 13.2 Å². The van der Waals surface area contributed by atoms with Crippen molar-refractivity contribution in [3.05, 3.63) is 17.7 Å². The quantitative estimate of drug-likeness (QED) is 0.522. The molecule has 0 spiro atoms. The first-order chi connectivity index (χ1) is 9.35. The first-order valence-corrected chi connectivity index (χ1v) is 5.93. The number of ether oxygens (including phenoxy) is 5. The molecule has 1 aromatic rings. The molecule has 6 nitrogen and oxygen atoms in total. The van der Waals surface area contributed by atoms with E-state index in [2.05, 4.69) is 0 Å². The third-order valence-corrected chi connectivity index (χ3v) is 2.55. The molecule has 0 radical (unpaired) electrons. The Morgan fingerprint density at radius 2 is 1.89 bits per heavy atom. The van der Waals surface area contributed by atoms with Crippen molar-refractivity contribution in [1.82, 2.24) is 0 Å². The Balaban J connectivity index is 1.87. The molecule has 1 aromatic carbocycles. The van der Waals surface area contributed by atoms with Crippen molar-refractivity contribution in [1.29, 1.82) is 0 Å². The van der Waals surface area contributed by atoms with Gasteiger partial charge in [-0.05, 0) is 6.07 Å². The summed E-state index contributed by atoms with van der Waals surface area (Å²) in [5, 5.41) is 0. The van der Waals surface area contributed by atoms with Crippen LogP contribution in [0.15, 0.2) is 12.1 Å². The van der Waals surface area contributed by atoms with Crippen molar-refractivity contribution < 1.29 is 28.5 Å². The molecule has 0 atom stereocenters. The maximum Gasteiger partial charge on any atom is 0.231 e. The van der Waals surface area contributed by atoms with Crippen LogP contribution in [0.5, 0.6) is 17.2 Å². The van der Waals surface area contributed by atoms with E-state index in [1.807, 2.05) is 0 Å². The maximum absolute atomic E-state index is 11.0. The molecule has 0 N–H and O–H groups in total. The first kappa shape index (κ1) is 13.6. The van der Waals surface area contributed by atoms with E-state index in [0.29, 0.717) is 49.2 Å². The minimum atomic E-state index is 0.164. The summed E-state index contributed by atoms with van der Waals surface area (Å²) in [5.41, 5.74) is 0.432. The van der Waals surface area contributed by atoms with Gasteiger partial charge in [-0.3, -0.25) is 4.79 Å². The fourth-order valence-electron chi connectivity index (χ4n) is 1.61. The van der Waals surface area contributed by atoms with Crippen LogP contribution < -0.4 is 14.2 Å². The lowest BCUT2D eigenvalue weighted by atomic mass is 10.2. The normalized spacial score (nSPS) is 12.5. The molecule has 1 heterocycles. The van der Waals surface area contributed by atoms with Gasteiger partial charge in [0.25, 0.3) is 0 Å². The van der Waals surface area contributed by atoms with E-state index < -0.39 is 0 Å². The van der Waals surface area contributed by atoms with E-state index >= 15 is 0 Å². The lowest BCUT2D eigenvalue weighted by Crippen LogP contribution is -2.10. The van der Waals surface area contributed by atoms with E-state index in [-0.39, 0.29) is 6.79 Å². The number of benzene rings is 1. The molecular weight excluding hydrogens is 252 g/mol. The molecule has 0 aromatic heterocycles. The van der Waals surface area contributed by atoms with E-state index in [9.17, 15) is 4.79 Å². The maximum atomic E-state index is 11.0. The Morgan fingerprint density at radius 3 is 2.63 bits per heavy atom. The Bertz CT molecular complexity index is 431. The number of carbonyl (C=O) groups is 1. The second kappa shape index (κ2) is 6.96. The van der Waals surface area contributed by atoms with Gasteiger partial charge in [0.2, 0.25) is 6.79 Å². The molecule has 0 amide bonds. The molecule has 0 unspecified atom stereocenters. The summed E-state index contributed by atoms with van der Waals surface area (Å²) in [6, 6.07) is 3.26. The molecule has 0 saturated heterocycles. The van der Waals surface area contributed by atoms with E-state index in [0.717, 1.165) is 6.29 Å². The minimum absolute atomic E-state index is 0.164. The second-order valence-corrected chi connectivity index (χ2v) is 3.81. The van der Waals surface area contributed by atoms with Crippen LogP contribution in [0.2, 0.25) is 0 Å². The summed E-state index contributed by atoms with van der Waals surface area (Å²) in [5.74, 6) is 1.61. The standard InChI is InChI=1S/C13H16O6/c1-15-2-3-16-4-5-17-11-7-13-12(18-9-19-13)6-10(11)8-14/h6-8H,2-5,9H2,1H3. The number of aldehydes is 1. The average molecular weight is 268 g/mol. The molecule has 0 aliphatic carbocycles. The zero-order chi connectivity index (χ0) is 13.5. The molecule has 0 saturated carbocycles. The average Bonchev–Trinajstić information content (AvgIpc) is 2.88. The summed E-state index contributed by atoms with van der Waals surface area (Å²) < 4.78 is 26.0. The van der Waals surface area contributed by atoms with E-state index in [4.69, 9.17) is 23.7 Å². The number of fused-ring (bicyclic) bond motifs is 1. The number of rotatable bonds is 8. The van der Waals surface area contributed by atoms with Crippen LogP contribution in [0, 0.1) is 0 Å². The molecule has 0 bridgehead atoms. The zero-order valence-electron chi connectivity index (χ0n) is 10.7. The van der Waals surface area contributed by atoms with Crippen molar-refractivity contribution >= 4 is 6.29 Å². The minimum Gasteiger partial charge on any atom is -0.490 e. The van der Waals surface area contributed by atoms with Gasteiger partial charge in [-0.1, -0.05) is 0 Å². The van der Waals surface area contributed by atoms with Crippen LogP contribution in [0.4, 0.5) is 0 Å². The van der Waals surface area contributed by atoms with Crippen molar-refractivity contribution in [2.24, 2.45) is 0 Å². The molecule has 0 fully saturated rings. The van der Waals surface area contributed by atoms with Crippen molar-refractivity contribution in [2.75, 3.05) is 40.3 Å². The van der Waals surface area contributed by atoms with Gasteiger partial charge in [-0.25, -0.2) is 0 Å². The number of hydrogen-bond donors (Lipinski definition) is 0. The highest BCUT2D eigenvalue weighted by atomic mass is 16.7. The molecule has 2 rings (SSSR count).